The van der Waals surface area contributed by atoms with Crippen LogP contribution in [0.15, 0.2) is 23.3 Å². The fourth-order valence-corrected chi connectivity index (χ4v) is 3.20. The third kappa shape index (κ3) is 4.49. The zero-order valence-corrected chi connectivity index (χ0v) is 15.2. The predicted molar refractivity (Wildman–Crippen MR) is 98.8 cm³/mol. The quantitative estimate of drug-likeness (QED) is 0.200. The van der Waals surface area contributed by atoms with Gasteiger partial charge >= 0.3 is 0 Å². The molecule has 9 nitrogen and oxygen atoms in total. The van der Waals surface area contributed by atoms with E-state index in [9.17, 15) is 14.4 Å². The van der Waals surface area contributed by atoms with Gasteiger partial charge in [-0.25, -0.2) is 0 Å². The molecule has 1 N–H and O–H groups in total. The molecule has 3 amide bonds. The smallest absolute Gasteiger partial charge is 0.255 e. The summed E-state index contributed by atoms with van der Waals surface area (Å²) < 4.78 is 5.34. The lowest BCUT2D eigenvalue weighted by atomic mass is 10.0. The molecule has 1 unspecified atom stereocenters. The van der Waals surface area contributed by atoms with Crippen LogP contribution in [0.3, 0.4) is 0 Å². The lowest BCUT2D eigenvalue weighted by Gasteiger charge is -2.29. The molecule has 0 radical (unpaired) electrons. The molecule has 1 saturated heterocycles. The van der Waals surface area contributed by atoms with E-state index in [1.165, 1.54) is 4.90 Å². The molecule has 0 aromatic heterocycles. The SMILES string of the molecule is [N-]=[N+]=NCCCOCC#Cc1ccc2c(c1)CN(C1CCC(=O)NC1=O)C2=O. The summed E-state index contributed by atoms with van der Waals surface area (Å²) in [6.07, 6.45) is 1.22. The van der Waals surface area contributed by atoms with Gasteiger partial charge in [0.25, 0.3) is 5.91 Å². The van der Waals surface area contributed by atoms with E-state index in [4.69, 9.17) is 10.3 Å². The molecule has 144 valence electrons. The van der Waals surface area contributed by atoms with Crippen LogP contribution in [-0.4, -0.2) is 48.4 Å². The fraction of sp³-hybridized carbons (Fsp3) is 0.421. The van der Waals surface area contributed by atoms with Gasteiger partial charge in [0.2, 0.25) is 11.8 Å². The first-order valence-electron chi connectivity index (χ1n) is 8.95. The van der Waals surface area contributed by atoms with Crippen LogP contribution in [0.25, 0.3) is 10.4 Å². The summed E-state index contributed by atoms with van der Waals surface area (Å²) in [5, 5.41) is 5.71. The number of imide groups is 1. The van der Waals surface area contributed by atoms with Crippen molar-refractivity contribution in [3.8, 4) is 11.8 Å². The number of nitrogens with zero attached hydrogens (tertiary/aromatic N) is 4. The number of carbonyl (C=O) groups is 3. The molecule has 9 heteroatoms. The van der Waals surface area contributed by atoms with E-state index in [0.29, 0.717) is 38.1 Å². The summed E-state index contributed by atoms with van der Waals surface area (Å²) in [4.78, 5) is 40.2. The molecule has 3 rings (SSSR count). The second-order valence-electron chi connectivity index (χ2n) is 6.43. The average molecular weight is 381 g/mol. The Kier molecular flexibility index (Phi) is 6.27. The van der Waals surface area contributed by atoms with Gasteiger partial charge < -0.3 is 9.64 Å². The van der Waals surface area contributed by atoms with Gasteiger partial charge in [-0.05, 0) is 42.1 Å². The zero-order chi connectivity index (χ0) is 19.9. The molecule has 0 spiro atoms. The van der Waals surface area contributed by atoms with Crippen molar-refractivity contribution in [2.45, 2.75) is 31.8 Å². The van der Waals surface area contributed by atoms with Crippen LogP contribution in [0.5, 0.6) is 0 Å². The Morgan fingerprint density at radius 3 is 3.00 bits per heavy atom. The minimum absolute atomic E-state index is 0.202. The molecule has 1 aromatic rings. The molecular formula is C19H19N5O4. The number of piperidine rings is 1. The highest BCUT2D eigenvalue weighted by Crippen LogP contribution is 2.28. The minimum Gasteiger partial charge on any atom is -0.369 e. The summed E-state index contributed by atoms with van der Waals surface area (Å²) in [5.74, 6) is 4.97. The standard InChI is InChI=1S/C19H19N5O4/c20-23-21-8-2-10-28-9-1-3-13-4-5-15-14(11-13)12-24(19(15)27)16-6-7-17(25)22-18(16)26/h4-5,11,16H,2,6-10,12H2,(H,22,25,26). The van der Waals surface area contributed by atoms with Gasteiger partial charge in [0.05, 0.1) is 0 Å². The van der Waals surface area contributed by atoms with Gasteiger partial charge in [0.15, 0.2) is 0 Å². The summed E-state index contributed by atoms with van der Waals surface area (Å²) in [6.45, 7) is 1.44. The summed E-state index contributed by atoms with van der Waals surface area (Å²) >= 11 is 0. The molecule has 2 heterocycles. The molecule has 1 atom stereocenters. The zero-order valence-electron chi connectivity index (χ0n) is 15.2. The topological polar surface area (TPSA) is 124 Å². The third-order valence-electron chi connectivity index (χ3n) is 4.54. The minimum atomic E-state index is -0.620. The Hall–Kier alpha value is -3.34. The van der Waals surface area contributed by atoms with Gasteiger partial charge in [-0.15, -0.1) is 0 Å². The average Bonchev–Trinajstić information content (AvgIpc) is 3.00. The van der Waals surface area contributed by atoms with Crippen LogP contribution in [0.4, 0.5) is 0 Å². The second kappa shape index (κ2) is 9.04. The van der Waals surface area contributed by atoms with Gasteiger partial charge in [0.1, 0.15) is 12.6 Å². The van der Waals surface area contributed by atoms with Crippen molar-refractivity contribution in [1.82, 2.24) is 10.2 Å². The van der Waals surface area contributed by atoms with E-state index >= 15 is 0 Å². The van der Waals surface area contributed by atoms with Crippen molar-refractivity contribution in [3.63, 3.8) is 0 Å². The number of benzene rings is 1. The summed E-state index contributed by atoms with van der Waals surface area (Å²) in [6, 6.07) is 4.70. The normalized spacial score (nSPS) is 18.1. The largest absolute Gasteiger partial charge is 0.369 e. The Labute approximate surface area is 161 Å². The van der Waals surface area contributed by atoms with Crippen LogP contribution < -0.4 is 5.32 Å². The van der Waals surface area contributed by atoms with Crippen molar-refractivity contribution in [2.75, 3.05) is 19.8 Å². The van der Waals surface area contributed by atoms with Crippen LogP contribution >= 0.6 is 0 Å². The first-order chi connectivity index (χ1) is 13.6. The van der Waals surface area contributed by atoms with Crippen molar-refractivity contribution in [2.24, 2.45) is 5.11 Å². The van der Waals surface area contributed by atoms with Crippen molar-refractivity contribution >= 4 is 17.7 Å². The van der Waals surface area contributed by atoms with Crippen molar-refractivity contribution < 1.29 is 19.1 Å². The first kappa shape index (κ1) is 19.4. The number of carbonyl (C=O) groups excluding carboxylic acids is 3. The van der Waals surface area contributed by atoms with Crippen LogP contribution in [-0.2, 0) is 20.9 Å². The maximum Gasteiger partial charge on any atom is 0.255 e. The van der Waals surface area contributed by atoms with Crippen LogP contribution in [0.1, 0.15) is 40.7 Å². The number of azide groups is 1. The highest BCUT2D eigenvalue weighted by atomic mass is 16.5. The van der Waals surface area contributed by atoms with E-state index < -0.39 is 11.9 Å². The third-order valence-corrected chi connectivity index (χ3v) is 4.54. The van der Waals surface area contributed by atoms with E-state index in [1.54, 1.807) is 12.1 Å². The summed E-state index contributed by atoms with van der Waals surface area (Å²) in [7, 11) is 0. The number of hydrogen-bond donors (Lipinski definition) is 1. The van der Waals surface area contributed by atoms with E-state index in [-0.39, 0.29) is 24.8 Å². The Balaban J connectivity index is 1.58. The van der Waals surface area contributed by atoms with Crippen molar-refractivity contribution in [3.05, 3.63) is 45.3 Å². The molecule has 28 heavy (non-hydrogen) atoms. The second-order valence-corrected chi connectivity index (χ2v) is 6.43. The molecule has 0 bridgehead atoms. The molecule has 0 aliphatic carbocycles. The van der Waals surface area contributed by atoms with Gasteiger partial charge in [-0.2, -0.15) is 0 Å². The maximum atomic E-state index is 12.6. The number of rotatable bonds is 6. The summed E-state index contributed by atoms with van der Waals surface area (Å²) in [5.41, 5.74) is 10.3. The van der Waals surface area contributed by atoms with Gasteiger partial charge in [0, 0.05) is 42.2 Å². The highest BCUT2D eigenvalue weighted by Gasteiger charge is 2.38. The molecule has 2 aliphatic rings. The Bertz CT molecular complexity index is 911. The van der Waals surface area contributed by atoms with E-state index in [2.05, 4.69) is 27.2 Å². The van der Waals surface area contributed by atoms with Crippen molar-refractivity contribution in [1.29, 1.82) is 0 Å². The molecule has 1 aromatic carbocycles. The molecule has 2 aliphatic heterocycles. The van der Waals surface area contributed by atoms with Crippen LogP contribution in [0.2, 0.25) is 0 Å². The molecular weight excluding hydrogens is 362 g/mol. The highest BCUT2D eigenvalue weighted by molar-refractivity contribution is 6.05. The van der Waals surface area contributed by atoms with E-state index in [0.717, 1.165) is 11.1 Å². The number of fused-ring (bicyclic) bond motifs is 1. The lowest BCUT2D eigenvalue weighted by molar-refractivity contribution is -0.136. The van der Waals surface area contributed by atoms with Gasteiger partial charge in [-0.3, -0.25) is 19.7 Å². The Morgan fingerprint density at radius 2 is 2.21 bits per heavy atom. The number of amides is 3. The number of hydrogen-bond acceptors (Lipinski definition) is 5. The van der Waals surface area contributed by atoms with Gasteiger partial charge in [-0.1, -0.05) is 17.0 Å². The monoisotopic (exact) mass is 381 g/mol. The number of ether oxygens (including phenoxy) is 1. The molecule has 1 fully saturated rings. The fourth-order valence-electron chi connectivity index (χ4n) is 3.20. The predicted octanol–water partition coefficient (Wildman–Crippen LogP) is 1.52. The lowest BCUT2D eigenvalue weighted by Crippen LogP contribution is -2.52. The number of nitrogens with one attached hydrogen (secondary N) is 1. The van der Waals surface area contributed by atoms with E-state index in [1.807, 2.05) is 6.07 Å². The van der Waals surface area contributed by atoms with Crippen LogP contribution in [0, 0.1) is 11.8 Å². The maximum absolute atomic E-state index is 12.6. The first-order valence-corrected chi connectivity index (χ1v) is 8.95. The Morgan fingerprint density at radius 1 is 1.36 bits per heavy atom. The molecule has 0 saturated carbocycles.